The predicted molar refractivity (Wildman–Crippen MR) is 104 cm³/mol. The second-order valence-electron chi connectivity index (χ2n) is 7.86. The lowest BCUT2D eigenvalue weighted by atomic mass is 9.90. The van der Waals surface area contributed by atoms with Crippen LogP contribution in [0.3, 0.4) is 0 Å². The lowest BCUT2D eigenvalue weighted by Crippen LogP contribution is -2.38. The van der Waals surface area contributed by atoms with Crippen LogP contribution in [0.1, 0.15) is 74.5 Å². The molecule has 0 bridgehead atoms. The molecule has 4 rings (SSSR count). The molecule has 150 valence electrons. The van der Waals surface area contributed by atoms with E-state index in [1.54, 1.807) is 0 Å². The Bertz CT molecular complexity index is 823. The van der Waals surface area contributed by atoms with E-state index in [4.69, 9.17) is 14.2 Å². The second-order valence-corrected chi connectivity index (χ2v) is 7.86. The van der Waals surface area contributed by atoms with Crippen LogP contribution < -0.4 is 0 Å². The molecule has 28 heavy (non-hydrogen) atoms. The SMILES string of the molecule is CCCCOC(=O)N1CCC(c2nc(C3CC3)ncc2-c2cc(C)no2)CC1. The predicted octanol–water partition coefficient (Wildman–Crippen LogP) is 4.43. The molecule has 2 aromatic heterocycles. The fourth-order valence-corrected chi connectivity index (χ4v) is 3.67. The van der Waals surface area contributed by atoms with Crippen molar-refractivity contribution >= 4 is 6.09 Å². The van der Waals surface area contributed by atoms with Crippen LogP contribution >= 0.6 is 0 Å². The first kappa shape index (κ1) is 18.9. The highest BCUT2D eigenvalue weighted by molar-refractivity contribution is 5.68. The Kier molecular flexibility index (Phi) is 5.59. The minimum atomic E-state index is -0.195. The second kappa shape index (κ2) is 8.29. The molecule has 0 unspecified atom stereocenters. The summed E-state index contributed by atoms with van der Waals surface area (Å²) in [5, 5.41) is 4.02. The lowest BCUT2D eigenvalue weighted by Gasteiger charge is -2.31. The minimum absolute atomic E-state index is 0.195. The summed E-state index contributed by atoms with van der Waals surface area (Å²) in [6.45, 7) is 5.88. The largest absolute Gasteiger partial charge is 0.449 e. The number of aryl methyl sites for hydroxylation is 1. The summed E-state index contributed by atoms with van der Waals surface area (Å²) in [4.78, 5) is 23.6. The maximum Gasteiger partial charge on any atom is 0.409 e. The first-order valence-corrected chi connectivity index (χ1v) is 10.4. The third kappa shape index (κ3) is 4.18. The average molecular weight is 384 g/mol. The Morgan fingerprint density at radius 2 is 2.04 bits per heavy atom. The van der Waals surface area contributed by atoms with Crippen LogP contribution in [0, 0.1) is 6.92 Å². The summed E-state index contributed by atoms with van der Waals surface area (Å²) in [6.07, 6.45) is 7.70. The van der Waals surface area contributed by atoms with Crippen molar-refractivity contribution in [2.45, 2.75) is 64.2 Å². The fraction of sp³-hybridized carbons (Fsp3) is 0.619. The fourth-order valence-electron chi connectivity index (χ4n) is 3.67. The van der Waals surface area contributed by atoms with E-state index in [0.717, 1.165) is 54.2 Å². The molecule has 1 amide bonds. The molecule has 2 aliphatic rings. The molecule has 0 aromatic carbocycles. The lowest BCUT2D eigenvalue weighted by molar-refractivity contribution is 0.0914. The third-order valence-electron chi connectivity index (χ3n) is 5.54. The van der Waals surface area contributed by atoms with Gasteiger partial charge in [-0.25, -0.2) is 14.8 Å². The number of ether oxygens (including phenoxy) is 1. The van der Waals surface area contributed by atoms with E-state index in [1.165, 1.54) is 12.8 Å². The molecule has 3 heterocycles. The van der Waals surface area contributed by atoms with E-state index >= 15 is 0 Å². The Labute approximate surface area is 165 Å². The number of carbonyl (C=O) groups is 1. The molecule has 2 fully saturated rings. The minimum Gasteiger partial charge on any atom is -0.449 e. The molecule has 1 aliphatic carbocycles. The molecule has 1 saturated carbocycles. The molecule has 0 radical (unpaired) electrons. The summed E-state index contributed by atoms with van der Waals surface area (Å²) in [5.74, 6) is 2.44. The number of hydrogen-bond donors (Lipinski definition) is 0. The number of likely N-dealkylation sites (tertiary alicyclic amines) is 1. The number of piperidine rings is 1. The van der Waals surface area contributed by atoms with E-state index in [0.29, 0.717) is 25.6 Å². The zero-order chi connectivity index (χ0) is 19.5. The van der Waals surface area contributed by atoms with Crippen molar-refractivity contribution in [2.24, 2.45) is 0 Å². The zero-order valence-corrected chi connectivity index (χ0v) is 16.7. The van der Waals surface area contributed by atoms with Crippen LogP contribution in [0.15, 0.2) is 16.8 Å². The Hall–Kier alpha value is -2.44. The standard InChI is InChI=1S/C21H28N4O3/c1-3-4-11-27-21(26)25-9-7-15(8-10-25)19-17(18-12-14(2)24-28-18)13-22-20(23-19)16-5-6-16/h12-13,15-16H,3-11H2,1-2H3. The molecule has 7 nitrogen and oxygen atoms in total. The number of rotatable bonds is 6. The molecule has 2 aromatic rings. The van der Waals surface area contributed by atoms with Crippen molar-refractivity contribution in [1.29, 1.82) is 0 Å². The first-order valence-electron chi connectivity index (χ1n) is 10.4. The van der Waals surface area contributed by atoms with Crippen LogP contribution in [-0.4, -0.2) is 45.8 Å². The quantitative estimate of drug-likeness (QED) is 0.685. The van der Waals surface area contributed by atoms with Crippen molar-refractivity contribution in [2.75, 3.05) is 19.7 Å². The van der Waals surface area contributed by atoms with Crippen LogP contribution in [0.25, 0.3) is 11.3 Å². The van der Waals surface area contributed by atoms with Crippen LogP contribution in [0.4, 0.5) is 4.79 Å². The number of amides is 1. The highest BCUT2D eigenvalue weighted by Gasteiger charge is 2.31. The Balaban J connectivity index is 1.49. The van der Waals surface area contributed by atoms with Crippen molar-refractivity contribution in [3.05, 3.63) is 29.5 Å². The molecule has 7 heteroatoms. The van der Waals surface area contributed by atoms with Crippen molar-refractivity contribution in [1.82, 2.24) is 20.0 Å². The highest BCUT2D eigenvalue weighted by atomic mass is 16.6. The number of aromatic nitrogens is 3. The number of nitrogens with zero attached hydrogens (tertiary/aromatic N) is 4. The van der Waals surface area contributed by atoms with Crippen molar-refractivity contribution in [3.63, 3.8) is 0 Å². The molecule has 0 atom stereocenters. The van der Waals surface area contributed by atoms with Crippen molar-refractivity contribution in [3.8, 4) is 11.3 Å². The monoisotopic (exact) mass is 384 g/mol. The smallest absolute Gasteiger partial charge is 0.409 e. The highest BCUT2D eigenvalue weighted by Crippen LogP contribution is 2.40. The van der Waals surface area contributed by atoms with Crippen LogP contribution in [0.5, 0.6) is 0 Å². The van der Waals surface area contributed by atoms with Crippen molar-refractivity contribution < 1.29 is 14.1 Å². The molecule has 0 spiro atoms. The number of unbranched alkanes of at least 4 members (excludes halogenated alkanes) is 1. The van der Waals surface area contributed by atoms with Gasteiger partial charge in [0.2, 0.25) is 0 Å². The molecular weight excluding hydrogens is 356 g/mol. The molecular formula is C21H28N4O3. The summed E-state index contributed by atoms with van der Waals surface area (Å²) >= 11 is 0. The summed E-state index contributed by atoms with van der Waals surface area (Å²) in [6, 6.07) is 1.93. The molecule has 1 aliphatic heterocycles. The first-order chi connectivity index (χ1) is 13.7. The van der Waals surface area contributed by atoms with Gasteiger partial charge in [-0.3, -0.25) is 0 Å². The van der Waals surface area contributed by atoms with Crippen LogP contribution in [0.2, 0.25) is 0 Å². The Morgan fingerprint density at radius 1 is 1.25 bits per heavy atom. The van der Waals surface area contributed by atoms with Gasteiger partial charge in [-0.15, -0.1) is 0 Å². The van der Waals surface area contributed by atoms with Gasteiger partial charge in [0.05, 0.1) is 23.6 Å². The van der Waals surface area contributed by atoms with Gasteiger partial charge in [0.25, 0.3) is 0 Å². The molecule has 1 saturated heterocycles. The topological polar surface area (TPSA) is 81.4 Å². The van der Waals surface area contributed by atoms with Gasteiger partial charge < -0.3 is 14.2 Å². The van der Waals surface area contributed by atoms with Gasteiger partial charge >= 0.3 is 6.09 Å². The summed E-state index contributed by atoms with van der Waals surface area (Å²) in [5.41, 5.74) is 2.80. The summed E-state index contributed by atoms with van der Waals surface area (Å²) < 4.78 is 10.9. The van der Waals surface area contributed by atoms with Gasteiger partial charge in [0.1, 0.15) is 5.82 Å². The van der Waals surface area contributed by atoms with Gasteiger partial charge in [-0.1, -0.05) is 18.5 Å². The maximum atomic E-state index is 12.2. The Morgan fingerprint density at radius 3 is 2.68 bits per heavy atom. The molecule has 0 N–H and O–H groups in total. The average Bonchev–Trinajstić information content (AvgIpc) is 3.49. The normalized spacial score (nSPS) is 17.7. The van der Waals surface area contributed by atoms with Gasteiger partial charge in [0.15, 0.2) is 5.76 Å². The van der Waals surface area contributed by atoms with Gasteiger partial charge in [-0.2, -0.15) is 0 Å². The van der Waals surface area contributed by atoms with Gasteiger partial charge in [-0.05, 0) is 39.0 Å². The number of hydrogen-bond acceptors (Lipinski definition) is 6. The van der Waals surface area contributed by atoms with Crippen LogP contribution in [-0.2, 0) is 4.74 Å². The number of carbonyl (C=O) groups excluding carboxylic acids is 1. The van der Waals surface area contributed by atoms with E-state index in [1.807, 2.05) is 24.1 Å². The van der Waals surface area contributed by atoms with E-state index in [-0.39, 0.29) is 12.0 Å². The zero-order valence-electron chi connectivity index (χ0n) is 16.7. The summed E-state index contributed by atoms with van der Waals surface area (Å²) in [7, 11) is 0. The maximum absolute atomic E-state index is 12.2. The third-order valence-corrected chi connectivity index (χ3v) is 5.54. The van der Waals surface area contributed by atoms with Gasteiger partial charge in [0, 0.05) is 37.2 Å². The van der Waals surface area contributed by atoms with E-state index < -0.39 is 0 Å². The van der Waals surface area contributed by atoms with E-state index in [2.05, 4.69) is 17.1 Å². The van der Waals surface area contributed by atoms with E-state index in [9.17, 15) is 4.79 Å².